The molecule has 15 heavy (non-hydrogen) atoms. The number of rotatable bonds is 3. The molecule has 0 atom stereocenters. The van der Waals surface area contributed by atoms with E-state index in [1.165, 1.54) is 24.3 Å². The highest BCUT2D eigenvalue weighted by molar-refractivity contribution is 5.14. The minimum Gasteiger partial charge on any atom is -0.314 e. The molecule has 2 heterocycles. The first kappa shape index (κ1) is 10.6. The Hall–Kier alpha value is -0.870. The van der Waals surface area contributed by atoms with Gasteiger partial charge in [-0.2, -0.15) is 5.10 Å². The Morgan fingerprint density at radius 2 is 2.13 bits per heavy atom. The van der Waals surface area contributed by atoms with Crippen molar-refractivity contribution in [1.29, 1.82) is 0 Å². The Morgan fingerprint density at radius 3 is 2.73 bits per heavy atom. The van der Waals surface area contributed by atoms with Gasteiger partial charge in [-0.05, 0) is 12.5 Å². The van der Waals surface area contributed by atoms with Crippen LogP contribution in [0.4, 0.5) is 0 Å². The maximum absolute atomic E-state index is 4.47. The number of hydrogen-bond acceptors (Lipinski definition) is 3. The van der Waals surface area contributed by atoms with Crippen LogP contribution in [0, 0.1) is 6.92 Å². The predicted octanol–water partition coefficient (Wildman–Crippen LogP) is 0.176. The summed E-state index contributed by atoms with van der Waals surface area (Å²) in [5.74, 6) is 0. The SMILES string of the molecule is Cc1cn(C)nc1CCN1CCNCC1. The molecule has 1 N–H and O–H groups in total. The number of nitrogens with one attached hydrogen (secondary N) is 1. The minimum atomic E-state index is 1.08. The lowest BCUT2D eigenvalue weighted by atomic mass is 10.2. The zero-order chi connectivity index (χ0) is 10.7. The molecule has 0 unspecified atom stereocenters. The Labute approximate surface area is 91.3 Å². The van der Waals surface area contributed by atoms with Crippen molar-refractivity contribution in [3.05, 3.63) is 17.5 Å². The van der Waals surface area contributed by atoms with Gasteiger partial charge in [0.2, 0.25) is 0 Å². The van der Waals surface area contributed by atoms with Crippen LogP contribution in [0.15, 0.2) is 6.20 Å². The molecule has 1 saturated heterocycles. The maximum atomic E-state index is 4.47. The zero-order valence-electron chi connectivity index (χ0n) is 9.66. The molecule has 1 aromatic heterocycles. The molecule has 0 aliphatic carbocycles. The molecule has 0 bridgehead atoms. The number of piperazine rings is 1. The van der Waals surface area contributed by atoms with E-state index in [-0.39, 0.29) is 0 Å². The molecule has 1 fully saturated rings. The van der Waals surface area contributed by atoms with Gasteiger partial charge in [-0.1, -0.05) is 0 Å². The summed E-state index contributed by atoms with van der Waals surface area (Å²) in [4.78, 5) is 2.50. The summed E-state index contributed by atoms with van der Waals surface area (Å²) in [6.07, 6.45) is 3.17. The van der Waals surface area contributed by atoms with E-state index in [9.17, 15) is 0 Å². The fourth-order valence-corrected chi connectivity index (χ4v) is 2.10. The number of hydrogen-bond donors (Lipinski definition) is 1. The summed E-state index contributed by atoms with van der Waals surface area (Å²) in [7, 11) is 1.99. The van der Waals surface area contributed by atoms with E-state index in [1.807, 2.05) is 11.7 Å². The monoisotopic (exact) mass is 208 g/mol. The van der Waals surface area contributed by atoms with Crippen molar-refractivity contribution in [1.82, 2.24) is 20.0 Å². The van der Waals surface area contributed by atoms with Gasteiger partial charge in [0, 0.05) is 52.4 Å². The molecular weight excluding hydrogens is 188 g/mol. The van der Waals surface area contributed by atoms with Gasteiger partial charge in [-0.25, -0.2) is 0 Å². The highest BCUT2D eigenvalue weighted by Gasteiger charge is 2.10. The second kappa shape index (κ2) is 4.77. The maximum Gasteiger partial charge on any atom is 0.0666 e. The third-order valence-corrected chi connectivity index (χ3v) is 2.99. The van der Waals surface area contributed by atoms with E-state index in [0.29, 0.717) is 0 Å². The number of aromatic nitrogens is 2. The Bertz CT molecular complexity index is 312. The molecule has 0 amide bonds. The molecule has 0 spiro atoms. The van der Waals surface area contributed by atoms with E-state index in [1.54, 1.807) is 0 Å². The first-order chi connectivity index (χ1) is 7.25. The Balaban J connectivity index is 1.84. The summed E-state index contributed by atoms with van der Waals surface area (Å²) in [6.45, 7) is 7.87. The standard InChI is InChI=1S/C11H20N4/c1-10-9-14(2)13-11(10)3-6-15-7-4-12-5-8-15/h9,12H,3-8H2,1-2H3. The molecular formula is C11H20N4. The second-order valence-corrected chi connectivity index (χ2v) is 4.27. The third kappa shape index (κ3) is 2.79. The van der Waals surface area contributed by atoms with Crippen LogP contribution >= 0.6 is 0 Å². The minimum absolute atomic E-state index is 1.08. The van der Waals surface area contributed by atoms with E-state index in [4.69, 9.17) is 0 Å². The van der Waals surface area contributed by atoms with Gasteiger partial charge >= 0.3 is 0 Å². The van der Waals surface area contributed by atoms with Gasteiger partial charge in [0.25, 0.3) is 0 Å². The highest BCUT2D eigenvalue weighted by Crippen LogP contribution is 2.06. The van der Waals surface area contributed by atoms with Crippen LogP contribution < -0.4 is 5.32 Å². The molecule has 84 valence electrons. The normalized spacial score (nSPS) is 18.3. The topological polar surface area (TPSA) is 33.1 Å². The second-order valence-electron chi connectivity index (χ2n) is 4.27. The van der Waals surface area contributed by atoms with Crippen molar-refractivity contribution >= 4 is 0 Å². The largest absolute Gasteiger partial charge is 0.314 e. The van der Waals surface area contributed by atoms with Crippen LogP contribution in [0.2, 0.25) is 0 Å². The average molecular weight is 208 g/mol. The molecule has 0 saturated carbocycles. The first-order valence-corrected chi connectivity index (χ1v) is 5.68. The van der Waals surface area contributed by atoms with Gasteiger partial charge in [-0.3, -0.25) is 4.68 Å². The van der Waals surface area contributed by atoms with Crippen LogP contribution in [-0.2, 0) is 13.5 Å². The van der Waals surface area contributed by atoms with Crippen LogP contribution in [0.3, 0.4) is 0 Å². The summed E-state index contributed by atoms with van der Waals surface area (Å²) in [6, 6.07) is 0. The average Bonchev–Trinajstić information content (AvgIpc) is 2.56. The highest BCUT2D eigenvalue weighted by atomic mass is 15.3. The van der Waals surface area contributed by atoms with Crippen LogP contribution in [0.1, 0.15) is 11.3 Å². The van der Waals surface area contributed by atoms with Gasteiger partial charge in [0.05, 0.1) is 5.69 Å². The van der Waals surface area contributed by atoms with Crippen molar-refractivity contribution in [2.24, 2.45) is 7.05 Å². The molecule has 0 radical (unpaired) electrons. The third-order valence-electron chi connectivity index (χ3n) is 2.99. The van der Waals surface area contributed by atoms with Gasteiger partial charge in [0.15, 0.2) is 0 Å². The summed E-state index contributed by atoms with van der Waals surface area (Å²) in [5.41, 5.74) is 2.56. The molecule has 4 nitrogen and oxygen atoms in total. The Morgan fingerprint density at radius 1 is 1.40 bits per heavy atom. The molecule has 1 aliphatic heterocycles. The lowest BCUT2D eigenvalue weighted by Gasteiger charge is -2.26. The van der Waals surface area contributed by atoms with E-state index in [2.05, 4.69) is 28.4 Å². The van der Waals surface area contributed by atoms with Gasteiger partial charge < -0.3 is 10.2 Å². The molecule has 2 rings (SSSR count). The fraction of sp³-hybridized carbons (Fsp3) is 0.727. The van der Waals surface area contributed by atoms with E-state index >= 15 is 0 Å². The van der Waals surface area contributed by atoms with Gasteiger partial charge in [-0.15, -0.1) is 0 Å². The van der Waals surface area contributed by atoms with Crippen LogP contribution in [0.5, 0.6) is 0 Å². The lowest BCUT2D eigenvalue weighted by molar-refractivity contribution is 0.243. The molecule has 1 aromatic rings. The van der Waals surface area contributed by atoms with E-state index < -0.39 is 0 Å². The van der Waals surface area contributed by atoms with Crippen LogP contribution in [-0.4, -0.2) is 47.4 Å². The summed E-state index contributed by atoms with van der Waals surface area (Å²) in [5, 5.41) is 7.84. The molecule has 4 heteroatoms. The molecule has 0 aromatic carbocycles. The van der Waals surface area contributed by atoms with Crippen molar-refractivity contribution in [3.63, 3.8) is 0 Å². The van der Waals surface area contributed by atoms with E-state index in [0.717, 1.165) is 26.1 Å². The van der Waals surface area contributed by atoms with Crippen molar-refractivity contribution < 1.29 is 0 Å². The number of aryl methyl sites for hydroxylation is 2. The zero-order valence-corrected chi connectivity index (χ0v) is 9.66. The fourth-order valence-electron chi connectivity index (χ4n) is 2.10. The number of nitrogens with zero attached hydrogens (tertiary/aromatic N) is 3. The van der Waals surface area contributed by atoms with Crippen molar-refractivity contribution in [2.45, 2.75) is 13.3 Å². The molecule has 1 aliphatic rings. The van der Waals surface area contributed by atoms with Crippen molar-refractivity contribution in [2.75, 3.05) is 32.7 Å². The smallest absolute Gasteiger partial charge is 0.0666 e. The van der Waals surface area contributed by atoms with Gasteiger partial charge in [0.1, 0.15) is 0 Å². The predicted molar refractivity (Wildman–Crippen MR) is 61.0 cm³/mol. The summed E-state index contributed by atoms with van der Waals surface area (Å²) < 4.78 is 1.91. The van der Waals surface area contributed by atoms with Crippen molar-refractivity contribution in [3.8, 4) is 0 Å². The quantitative estimate of drug-likeness (QED) is 0.769. The summed E-state index contributed by atoms with van der Waals surface area (Å²) >= 11 is 0. The van der Waals surface area contributed by atoms with Crippen LogP contribution in [0.25, 0.3) is 0 Å². The first-order valence-electron chi connectivity index (χ1n) is 5.68. The Kier molecular flexibility index (Phi) is 3.38. The lowest BCUT2D eigenvalue weighted by Crippen LogP contribution is -2.44.